The van der Waals surface area contributed by atoms with Crippen LogP contribution < -0.4 is 5.32 Å². The third-order valence-electron chi connectivity index (χ3n) is 2.72. The molecule has 0 saturated heterocycles. The van der Waals surface area contributed by atoms with Crippen LogP contribution in [0.1, 0.15) is 25.7 Å². The summed E-state index contributed by atoms with van der Waals surface area (Å²) in [6.07, 6.45) is 0.267. The molecule has 0 amide bonds. The van der Waals surface area contributed by atoms with Crippen molar-refractivity contribution in [2.75, 3.05) is 13.6 Å². The molecule has 2 N–H and O–H groups in total. The van der Waals surface area contributed by atoms with Gasteiger partial charge in [0.2, 0.25) is 5.92 Å². The molecule has 0 aromatic heterocycles. The maximum absolute atomic E-state index is 12.7. The van der Waals surface area contributed by atoms with Gasteiger partial charge in [0.15, 0.2) is 0 Å². The number of halogens is 2. The molecule has 0 bridgehead atoms. The van der Waals surface area contributed by atoms with Crippen LogP contribution in [0.2, 0.25) is 0 Å². The number of rotatable bonds is 3. The van der Waals surface area contributed by atoms with Crippen molar-refractivity contribution in [2.24, 2.45) is 5.92 Å². The summed E-state index contributed by atoms with van der Waals surface area (Å²) in [5, 5.41) is 12.4. The van der Waals surface area contributed by atoms with Crippen LogP contribution in [0.15, 0.2) is 0 Å². The van der Waals surface area contributed by atoms with Crippen LogP contribution in [0.3, 0.4) is 0 Å². The Morgan fingerprint density at radius 1 is 1.46 bits per heavy atom. The summed E-state index contributed by atoms with van der Waals surface area (Å²) in [5.41, 5.74) is 0. The molecule has 0 aliphatic heterocycles. The highest BCUT2D eigenvalue weighted by Crippen LogP contribution is 2.37. The summed E-state index contributed by atoms with van der Waals surface area (Å²) in [6.45, 7) is 0.496. The van der Waals surface area contributed by atoms with Crippen LogP contribution in [-0.4, -0.2) is 30.7 Å². The first kappa shape index (κ1) is 10.9. The Kier molecular flexibility index (Phi) is 3.62. The Hall–Kier alpha value is -0.220. The van der Waals surface area contributed by atoms with Gasteiger partial charge in [-0.1, -0.05) is 0 Å². The number of aliphatic hydroxyl groups excluding tert-OH is 1. The van der Waals surface area contributed by atoms with Crippen LogP contribution in [0.4, 0.5) is 8.78 Å². The lowest BCUT2D eigenvalue weighted by molar-refractivity contribution is -0.0616. The minimum absolute atomic E-state index is 0.0482. The Bertz CT molecular complexity index is 154. The van der Waals surface area contributed by atoms with Gasteiger partial charge in [-0.05, 0) is 25.8 Å². The highest BCUT2D eigenvalue weighted by molar-refractivity contribution is 4.81. The van der Waals surface area contributed by atoms with Gasteiger partial charge in [-0.25, -0.2) is 8.78 Å². The van der Waals surface area contributed by atoms with Crippen molar-refractivity contribution < 1.29 is 13.9 Å². The summed E-state index contributed by atoms with van der Waals surface area (Å²) in [5.74, 6) is -2.44. The maximum Gasteiger partial charge on any atom is 0.248 e. The van der Waals surface area contributed by atoms with Gasteiger partial charge in [0.25, 0.3) is 0 Å². The zero-order chi connectivity index (χ0) is 9.90. The van der Waals surface area contributed by atoms with Gasteiger partial charge in [0.05, 0.1) is 6.10 Å². The van der Waals surface area contributed by atoms with E-state index in [1.807, 2.05) is 0 Å². The number of likely N-dealkylation sites (N-methyl/N-ethyl adjacent to an activating group) is 1. The van der Waals surface area contributed by atoms with Gasteiger partial charge in [-0.2, -0.15) is 0 Å². The molecular formula is C9H17F2NO. The fourth-order valence-corrected chi connectivity index (χ4v) is 1.82. The Morgan fingerprint density at radius 3 is 2.46 bits per heavy atom. The molecule has 1 unspecified atom stereocenters. The summed E-state index contributed by atoms with van der Waals surface area (Å²) in [4.78, 5) is 0. The van der Waals surface area contributed by atoms with E-state index in [1.165, 1.54) is 0 Å². The molecule has 13 heavy (non-hydrogen) atoms. The number of hydrogen-bond acceptors (Lipinski definition) is 2. The molecule has 0 radical (unpaired) electrons. The number of nitrogens with one attached hydrogen (secondary N) is 1. The van der Waals surface area contributed by atoms with Crippen molar-refractivity contribution in [1.29, 1.82) is 0 Å². The number of hydrogen-bond donors (Lipinski definition) is 2. The number of aliphatic hydroxyl groups is 1. The molecule has 0 aromatic rings. The average molecular weight is 193 g/mol. The molecule has 1 rings (SSSR count). The first-order chi connectivity index (χ1) is 6.05. The van der Waals surface area contributed by atoms with E-state index < -0.39 is 12.0 Å². The van der Waals surface area contributed by atoms with Crippen molar-refractivity contribution in [2.45, 2.75) is 37.7 Å². The molecule has 2 nitrogen and oxygen atoms in total. The maximum atomic E-state index is 12.7. The van der Waals surface area contributed by atoms with Gasteiger partial charge in [-0.15, -0.1) is 0 Å². The molecule has 1 aliphatic carbocycles. The Morgan fingerprint density at radius 2 is 2.00 bits per heavy atom. The zero-order valence-electron chi connectivity index (χ0n) is 7.89. The summed E-state index contributed by atoms with van der Waals surface area (Å²) in [7, 11) is 1.75. The topological polar surface area (TPSA) is 32.3 Å². The fraction of sp³-hybridized carbons (Fsp3) is 1.00. The predicted molar refractivity (Wildman–Crippen MR) is 46.8 cm³/mol. The van der Waals surface area contributed by atoms with Crippen LogP contribution in [0, 0.1) is 5.92 Å². The third-order valence-corrected chi connectivity index (χ3v) is 2.72. The van der Waals surface area contributed by atoms with Crippen LogP contribution in [0.25, 0.3) is 0 Å². The second-order valence-corrected chi connectivity index (χ2v) is 3.82. The molecule has 0 aromatic carbocycles. The van der Waals surface area contributed by atoms with Crippen LogP contribution >= 0.6 is 0 Å². The Labute approximate surface area is 77.3 Å². The molecule has 1 fully saturated rings. The van der Waals surface area contributed by atoms with E-state index in [0.717, 1.165) is 0 Å². The normalized spacial score (nSPS) is 25.8. The van der Waals surface area contributed by atoms with E-state index in [0.29, 0.717) is 19.4 Å². The number of alkyl halides is 2. The zero-order valence-corrected chi connectivity index (χ0v) is 7.89. The van der Waals surface area contributed by atoms with E-state index in [1.54, 1.807) is 7.05 Å². The molecule has 1 atom stereocenters. The standard InChI is InChI=1S/C9H17F2NO/c1-12-6-8(13)7-2-4-9(10,11)5-3-7/h7-8,12-13H,2-6H2,1H3. The molecule has 1 aliphatic rings. The lowest BCUT2D eigenvalue weighted by atomic mass is 9.83. The highest BCUT2D eigenvalue weighted by atomic mass is 19.3. The van der Waals surface area contributed by atoms with Gasteiger partial charge >= 0.3 is 0 Å². The quantitative estimate of drug-likeness (QED) is 0.710. The van der Waals surface area contributed by atoms with Gasteiger partial charge < -0.3 is 10.4 Å². The van der Waals surface area contributed by atoms with Gasteiger partial charge in [0, 0.05) is 19.4 Å². The van der Waals surface area contributed by atoms with E-state index in [2.05, 4.69) is 5.32 Å². The molecule has 1 saturated carbocycles. The molecule has 0 heterocycles. The van der Waals surface area contributed by atoms with Crippen molar-refractivity contribution in [3.63, 3.8) is 0 Å². The van der Waals surface area contributed by atoms with E-state index in [4.69, 9.17) is 0 Å². The second-order valence-electron chi connectivity index (χ2n) is 3.82. The minimum Gasteiger partial charge on any atom is -0.392 e. The average Bonchev–Trinajstić information content (AvgIpc) is 2.04. The van der Waals surface area contributed by atoms with Crippen LogP contribution in [-0.2, 0) is 0 Å². The lowest BCUT2D eigenvalue weighted by Crippen LogP contribution is -2.36. The fourth-order valence-electron chi connectivity index (χ4n) is 1.82. The third kappa shape index (κ3) is 3.19. The van der Waals surface area contributed by atoms with Gasteiger partial charge in [-0.3, -0.25) is 0 Å². The Balaban J connectivity index is 2.32. The van der Waals surface area contributed by atoms with Gasteiger partial charge in [0.1, 0.15) is 0 Å². The SMILES string of the molecule is CNCC(O)C1CCC(F)(F)CC1. The van der Waals surface area contributed by atoms with Crippen molar-refractivity contribution in [1.82, 2.24) is 5.32 Å². The molecule has 0 spiro atoms. The lowest BCUT2D eigenvalue weighted by Gasteiger charge is -2.31. The van der Waals surface area contributed by atoms with Crippen molar-refractivity contribution >= 4 is 0 Å². The monoisotopic (exact) mass is 193 g/mol. The van der Waals surface area contributed by atoms with E-state index in [9.17, 15) is 13.9 Å². The van der Waals surface area contributed by atoms with Crippen LogP contribution in [0.5, 0.6) is 0 Å². The first-order valence-electron chi connectivity index (χ1n) is 4.75. The smallest absolute Gasteiger partial charge is 0.248 e. The summed E-state index contributed by atoms with van der Waals surface area (Å²) < 4.78 is 25.5. The highest BCUT2D eigenvalue weighted by Gasteiger charge is 2.36. The summed E-state index contributed by atoms with van der Waals surface area (Å²) >= 11 is 0. The molecular weight excluding hydrogens is 176 g/mol. The van der Waals surface area contributed by atoms with Crippen molar-refractivity contribution in [3.05, 3.63) is 0 Å². The first-order valence-corrected chi connectivity index (χ1v) is 4.75. The van der Waals surface area contributed by atoms with E-state index >= 15 is 0 Å². The largest absolute Gasteiger partial charge is 0.392 e. The van der Waals surface area contributed by atoms with Crippen molar-refractivity contribution in [3.8, 4) is 0 Å². The summed E-state index contributed by atoms with van der Waals surface area (Å²) in [6, 6.07) is 0. The predicted octanol–water partition coefficient (Wildman–Crippen LogP) is 1.39. The molecule has 4 heteroatoms. The molecule has 78 valence electrons. The van der Waals surface area contributed by atoms with E-state index in [-0.39, 0.29) is 18.8 Å². The minimum atomic E-state index is -2.49. The second kappa shape index (κ2) is 4.33.